The maximum atomic E-state index is 4.33. The van der Waals surface area contributed by atoms with E-state index in [0.29, 0.717) is 5.92 Å². The third kappa shape index (κ3) is 0.779. The maximum absolute atomic E-state index is 4.33. The second-order valence-electron chi connectivity index (χ2n) is 3.86. The zero-order valence-electron chi connectivity index (χ0n) is 6.90. The lowest BCUT2D eigenvalue weighted by atomic mass is 9.93. The molecule has 62 valence electrons. The Labute approximate surface area is 71.7 Å². The summed E-state index contributed by atoms with van der Waals surface area (Å²) in [6.07, 6.45) is 11.2. The number of allylic oxidation sites excluding steroid dienone is 2. The average Bonchev–Trinajstić information content (AvgIpc) is 2.81. The van der Waals surface area contributed by atoms with Gasteiger partial charge in [0.1, 0.15) is 5.82 Å². The van der Waals surface area contributed by atoms with Crippen molar-refractivity contribution in [1.82, 2.24) is 9.97 Å². The lowest BCUT2D eigenvalue weighted by molar-refractivity contribution is 0.558. The van der Waals surface area contributed by atoms with E-state index >= 15 is 0 Å². The van der Waals surface area contributed by atoms with E-state index in [0.717, 1.165) is 11.8 Å². The van der Waals surface area contributed by atoms with Crippen LogP contribution in [0, 0.1) is 11.8 Å². The zero-order chi connectivity index (χ0) is 7.97. The summed E-state index contributed by atoms with van der Waals surface area (Å²) in [6.45, 7) is 0. The topological polar surface area (TPSA) is 28.7 Å². The maximum Gasteiger partial charge on any atom is 0.109 e. The van der Waals surface area contributed by atoms with E-state index < -0.39 is 0 Å². The Bertz CT molecular complexity index is 300. The summed E-state index contributed by atoms with van der Waals surface area (Å²) in [6, 6.07) is 0. The predicted octanol–water partition coefficient (Wildman–Crippen LogP) is 2.09. The smallest absolute Gasteiger partial charge is 0.109 e. The molecule has 2 bridgehead atoms. The fourth-order valence-electron chi connectivity index (χ4n) is 2.58. The molecule has 0 saturated heterocycles. The molecule has 1 aromatic rings. The van der Waals surface area contributed by atoms with E-state index in [1.165, 1.54) is 18.7 Å². The summed E-state index contributed by atoms with van der Waals surface area (Å²) in [4.78, 5) is 7.55. The van der Waals surface area contributed by atoms with Crippen molar-refractivity contribution in [2.45, 2.75) is 18.8 Å². The minimum atomic E-state index is 0.676. The lowest BCUT2D eigenvalue weighted by Crippen LogP contribution is -2.06. The Morgan fingerprint density at radius 3 is 2.92 bits per heavy atom. The molecule has 1 heterocycles. The molecule has 0 aromatic carbocycles. The number of hydrogen-bond acceptors (Lipinski definition) is 1. The highest BCUT2D eigenvalue weighted by Gasteiger charge is 2.37. The SMILES string of the molecule is C1=CC2CC1CC2c1ncc[nH]1. The number of nitrogens with one attached hydrogen (secondary N) is 1. The molecule has 2 aliphatic rings. The van der Waals surface area contributed by atoms with Gasteiger partial charge in [-0.15, -0.1) is 0 Å². The molecule has 0 aliphatic heterocycles. The van der Waals surface area contributed by atoms with Gasteiger partial charge in [0.05, 0.1) is 0 Å². The van der Waals surface area contributed by atoms with Gasteiger partial charge in [-0.3, -0.25) is 0 Å². The third-order valence-corrected chi connectivity index (χ3v) is 3.15. The summed E-state index contributed by atoms with van der Waals surface area (Å²) in [7, 11) is 0. The number of nitrogens with zero attached hydrogens (tertiary/aromatic N) is 1. The molecule has 2 aliphatic carbocycles. The van der Waals surface area contributed by atoms with Crippen LogP contribution in [0.15, 0.2) is 24.5 Å². The molecule has 3 unspecified atom stereocenters. The van der Waals surface area contributed by atoms with Crippen molar-refractivity contribution in [1.29, 1.82) is 0 Å². The third-order valence-electron chi connectivity index (χ3n) is 3.15. The number of imidazole rings is 1. The fraction of sp³-hybridized carbons (Fsp3) is 0.500. The van der Waals surface area contributed by atoms with Gasteiger partial charge >= 0.3 is 0 Å². The molecule has 0 spiro atoms. The van der Waals surface area contributed by atoms with Crippen LogP contribution in [0.4, 0.5) is 0 Å². The number of aromatic amines is 1. The highest BCUT2D eigenvalue weighted by molar-refractivity contribution is 5.18. The van der Waals surface area contributed by atoms with Crippen LogP contribution in [-0.4, -0.2) is 9.97 Å². The van der Waals surface area contributed by atoms with Crippen LogP contribution in [0.5, 0.6) is 0 Å². The Morgan fingerprint density at radius 1 is 1.33 bits per heavy atom. The first-order valence-electron chi connectivity index (χ1n) is 4.61. The molecule has 12 heavy (non-hydrogen) atoms. The zero-order valence-corrected chi connectivity index (χ0v) is 6.90. The second kappa shape index (κ2) is 2.22. The normalized spacial score (nSPS) is 37.8. The summed E-state index contributed by atoms with van der Waals surface area (Å²) in [5.74, 6) is 3.47. The van der Waals surface area contributed by atoms with Crippen molar-refractivity contribution < 1.29 is 0 Å². The molecule has 1 fully saturated rings. The summed E-state index contributed by atoms with van der Waals surface area (Å²) < 4.78 is 0. The number of H-pyrrole nitrogens is 1. The molecule has 3 rings (SSSR count). The highest BCUT2D eigenvalue weighted by Crippen LogP contribution is 2.47. The van der Waals surface area contributed by atoms with Crippen LogP contribution >= 0.6 is 0 Å². The average molecular weight is 160 g/mol. The molecule has 0 radical (unpaired) electrons. The molecule has 1 saturated carbocycles. The van der Waals surface area contributed by atoms with Gasteiger partial charge in [-0.05, 0) is 24.7 Å². The molecule has 1 N–H and O–H groups in total. The largest absolute Gasteiger partial charge is 0.348 e. The second-order valence-corrected chi connectivity index (χ2v) is 3.86. The van der Waals surface area contributed by atoms with Crippen LogP contribution in [0.3, 0.4) is 0 Å². The van der Waals surface area contributed by atoms with Crippen LogP contribution < -0.4 is 0 Å². The van der Waals surface area contributed by atoms with Gasteiger partial charge in [0.25, 0.3) is 0 Å². The molecule has 0 amide bonds. The standard InChI is InChI=1S/C10H12N2/c1-2-8-5-7(1)6-9(8)10-11-3-4-12-10/h1-4,7-9H,5-6H2,(H,11,12). The Kier molecular flexibility index (Phi) is 1.20. The molecule has 2 nitrogen and oxygen atoms in total. The van der Waals surface area contributed by atoms with Crippen LogP contribution in [-0.2, 0) is 0 Å². The monoisotopic (exact) mass is 160 g/mol. The summed E-state index contributed by atoms with van der Waals surface area (Å²) in [5.41, 5.74) is 0. The number of fused-ring (bicyclic) bond motifs is 2. The molecule has 1 aromatic heterocycles. The van der Waals surface area contributed by atoms with Gasteiger partial charge < -0.3 is 4.98 Å². The van der Waals surface area contributed by atoms with E-state index in [4.69, 9.17) is 0 Å². The summed E-state index contributed by atoms with van der Waals surface area (Å²) >= 11 is 0. The van der Waals surface area contributed by atoms with Gasteiger partial charge in [-0.25, -0.2) is 4.98 Å². The lowest BCUT2D eigenvalue weighted by Gasteiger charge is -2.14. The number of rotatable bonds is 1. The molecule has 2 heteroatoms. The van der Waals surface area contributed by atoms with Crippen molar-refractivity contribution in [2.75, 3.05) is 0 Å². The predicted molar refractivity (Wildman–Crippen MR) is 46.7 cm³/mol. The first-order chi connectivity index (χ1) is 5.93. The van der Waals surface area contributed by atoms with E-state index in [1.54, 1.807) is 0 Å². The highest BCUT2D eigenvalue weighted by atomic mass is 14.9. The molecule has 3 atom stereocenters. The van der Waals surface area contributed by atoms with Crippen molar-refractivity contribution in [2.24, 2.45) is 11.8 Å². The first-order valence-corrected chi connectivity index (χ1v) is 4.61. The quantitative estimate of drug-likeness (QED) is 0.626. The van der Waals surface area contributed by atoms with E-state index in [1.807, 2.05) is 12.4 Å². The van der Waals surface area contributed by atoms with Gasteiger partial charge in [-0.2, -0.15) is 0 Å². The van der Waals surface area contributed by atoms with E-state index in [9.17, 15) is 0 Å². The Morgan fingerprint density at radius 2 is 2.33 bits per heavy atom. The van der Waals surface area contributed by atoms with E-state index in [-0.39, 0.29) is 0 Å². The Hall–Kier alpha value is -1.05. The van der Waals surface area contributed by atoms with Gasteiger partial charge in [-0.1, -0.05) is 12.2 Å². The van der Waals surface area contributed by atoms with Gasteiger partial charge in [0.2, 0.25) is 0 Å². The van der Waals surface area contributed by atoms with Crippen molar-refractivity contribution >= 4 is 0 Å². The molecular formula is C10H12N2. The van der Waals surface area contributed by atoms with Crippen LogP contribution in [0.2, 0.25) is 0 Å². The van der Waals surface area contributed by atoms with Crippen molar-refractivity contribution in [3.63, 3.8) is 0 Å². The fourth-order valence-corrected chi connectivity index (χ4v) is 2.58. The van der Waals surface area contributed by atoms with Crippen molar-refractivity contribution in [3.05, 3.63) is 30.4 Å². The summed E-state index contributed by atoms with van der Waals surface area (Å²) in [5, 5.41) is 0. The van der Waals surface area contributed by atoms with Crippen molar-refractivity contribution in [3.8, 4) is 0 Å². The van der Waals surface area contributed by atoms with Gasteiger partial charge in [0.15, 0.2) is 0 Å². The number of hydrogen-bond donors (Lipinski definition) is 1. The first kappa shape index (κ1) is 6.46. The van der Waals surface area contributed by atoms with Crippen LogP contribution in [0.25, 0.3) is 0 Å². The van der Waals surface area contributed by atoms with E-state index in [2.05, 4.69) is 22.1 Å². The van der Waals surface area contributed by atoms with Gasteiger partial charge in [0, 0.05) is 18.3 Å². The Balaban J connectivity index is 1.92. The van der Waals surface area contributed by atoms with Crippen LogP contribution in [0.1, 0.15) is 24.6 Å². The number of aromatic nitrogens is 2. The minimum Gasteiger partial charge on any atom is -0.348 e. The molecular weight excluding hydrogens is 148 g/mol. The minimum absolute atomic E-state index is 0.676.